The summed E-state index contributed by atoms with van der Waals surface area (Å²) in [5.41, 5.74) is 2.81. The van der Waals surface area contributed by atoms with E-state index in [1.807, 2.05) is 36.4 Å². The second-order valence-electron chi connectivity index (χ2n) is 9.32. The van der Waals surface area contributed by atoms with Crippen molar-refractivity contribution in [3.63, 3.8) is 0 Å². The summed E-state index contributed by atoms with van der Waals surface area (Å²) in [5, 5.41) is 25.0. The molecule has 2 heterocycles. The lowest BCUT2D eigenvalue weighted by atomic mass is 10.0. The Morgan fingerprint density at radius 3 is 2.24 bits per heavy atom. The summed E-state index contributed by atoms with van der Waals surface area (Å²) in [6, 6.07) is 16.1. The molecule has 12 heteroatoms. The summed E-state index contributed by atoms with van der Waals surface area (Å²) in [5.74, 6) is -2.86. The molecule has 0 bridgehead atoms. The molecule has 2 aromatic rings. The van der Waals surface area contributed by atoms with Gasteiger partial charge in [0.15, 0.2) is 0 Å². The monoisotopic (exact) mass is 556 g/mol. The summed E-state index contributed by atoms with van der Waals surface area (Å²) in [6.07, 6.45) is -3.41. The van der Waals surface area contributed by atoms with E-state index in [0.717, 1.165) is 43.2 Å². The van der Waals surface area contributed by atoms with Crippen LogP contribution in [0.3, 0.4) is 0 Å². The molecule has 2 aromatic carbocycles. The second-order valence-corrected chi connectivity index (χ2v) is 9.76. The van der Waals surface area contributed by atoms with Crippen LogP contribution < -0.4 is 15.5 Å². The van der Waals surface area contributed by atoms with E-state index in [0.29, 0.717) is 24.7 Å². The molecule has 8 nitrogen and oxygen atoms in total. The van der Waals surface area contributed by atoms with Crippen molar-refractivity contribution in [3.05, 3.63) is 64.7 Å². The third kappa shape index (κ3) is 8.32. The van der Waals surface area contributed by atoms with E-state index in [1.54, 1.807) is 7.05 Å². The number of nitrogens with one attached hydrogen (secondary N) is 2. The number of β-amino-alcohol motifs (C(OH)–C–C–N with tert-alkyl or cyclic N) is 1. The lowest BCUT2D eigenvalue weighted by Gasteiger charge is -2.34. The van der Waals surface area contributed by atoms with Gasteiger partial charge in [-0.2, -0.15) is 13.2 Å². The van der Waals surface area contributed by atoms with Gasteiger partial charge in [0.25, 0.3) is 5.91 Å². The predicted octanol–water partition coefficient (Wildman–Crippen LogP) is 3.14. The normalized spacial score (nSPS) is 20.5. The zero-order chi connectivity index (χ0) is 27.9. The van der Waals surface area contributed by atoms with Gasteiger partial charge in [-0.1, -0.05) is 35.9 Å². The van der Waals surface area contributed by atoms with Gasteiger partial charge in [-0.25, -0.2) is 4.79 Å². The molecule has 0 radical (unpaired) electrons. The van der Waals surface area contributed by atoms with Gasteiger partial charge in [-0.15, -0.1) is 0 Å². The van der Waals surface area contributed by atoms with Crippen LogP contribution in [0.5, 0.6) is 0 Å². The Hall–Kier alpha value is -2.86. The van der Waals surface area contributed by atoms with Crippen molar-refractivity contribution >= 4 is 29.2 Å². The first-order chi connectivity index (χ1) is 18.0. The average molecular weight is 557 g/mol. The minimum atomic E-state index is -5.08. The number of halogens is 4. The van der Waals surface area contributed by atoms with Crippen LogP contribution in [0, 0.1) is 0 Å². The second kappa shape index (κ2) is 13.3. The number of para-hydroxylation sites is 1. The number of carbonyl (C=O) groups is 2. The Morgan fingerprint density at radius 1 is 1.05 bits per heavy atom. The third-order valence-electron chi connectivity index (χ3n) is 6.60. The van der Waals surface area contributed by atoms with Crippen molar-refractivity contribution in [2.24, 2.45) is 0 Å². The van der Waals surface area contributed by atoms with E-state index >= 15 is 0 Å². The first-order valence-electron chi connectivity index (χ1n) is 12.2. The van der Waals surface area contributed by atoms with Crippen LogP contribution in [0.15, 0.2) is 48.5 Å². The minimum Gasteiger partial charge on any atom is -0.475 e. The largest absolute Gasteiger partial charge is 0.490 e. The molecule has 208 valence electrons. The number of hydrogen-bond acceptors (Lipinski definition) is 6. The first-order valence-corrected chi connectivity index (χ1v) is 12.6. The Balaban J connectivity index is 0.000000505. The van der Waals surface area contributed by atoms with E-state index in [9.17, 15) is 23.1 Å². The molecule has 0 spiro atoms. The molecule has 2 aliphatic heterocycles. The number of nitrogens with zero attached hydrogens (tertiary/aromatic N) is 2. The van der Waals surface area contributed by atoms with Crippen molar-refractivity contribution in [2.75, 3.05) is 38.1 Å². The maximum atomic E-state index is 12.2. The molecule has 2 atom stereocenters. The summed E-state index contributed by atoms with van der Waals surface area (Å²) in [7, 11) is 1.64. The quantitative estimate of drug-likeness (QED) is 0.433. The van der Waals surface area contributed by atoms with Gasteiger partial charge in [-0.3, -0.25) is 9.69 Å². The van der Waals surface area contributed by atoms with E-state index < -0.39 is 18.2 Å². The van der Waals surface area contributed by atoms with Crippen molar-refractivity contribution in [3.8, 4) is 0 Å². The van der Waals surface area contributed by atoms with Gasteiger partial charge in [0.1, 0.15) is 0 Å². The van der Waals surface area contributed by atoms with Gasteiger partial charge in [0.2, 0.25) is 0 Å². The molecule has 1 amide bonds. The number of benzene rings is 2. The third-order valence-corrected chi connectivity index (χ3v) is 6.86. The first kappa shape index (κ1) is 29.7. The lowest BCUT2D eigenvalue weighted by molar-refractivity contribution is -0.192. The standard InChI is InChI=1S/C24H31ClN4O2.C2HF3O2/c1-26-24(31)20-4-2-3-5-22(20)29-15-21(23(30)16-29)27-19-10-12-28(13-11-19)14-17-6-8-18(25)9-7-17;3-2(4,5)1(6)7/h2-9,19,21,23,27,30H,10-16H2,1H3,(H,26,31);(H,6,7)/t21-,23-;/m1./s1. The van der Waals surface area contributed by atoms with Crippen molar-refractivity contribution < 1.29 is 33.0 Å². The van der Waals surface area contributed by atoms with Crippen molar-refractivity contribution in [1.82, 2.24) is 15.5 Å². The molecule has 2 aliphatic rings. The van der Waals surface area contributed by atoms with E-state index in [4.69, 9.17) is 21.5 Å². The number of anilines is 1. The average Bonchev–Trinajstić information content (AvgIpc) is 3.25. The lowest BCUT2D eigenvalue weighted by Crippen LogP contribution is -2.49. The maximum absolute atomic E-state index is 12.2. The van der Waals surface area contributed by atoms with Crippen LogP contribution in [0.1, 0.15) is 28.8 Å². The molecule has 4 N–H and O–H groups in total. The van der Waals surface area contributed by atoms with Crippen LogP contribution in [-0.4, -0.2) is 84.6 Å². The number of alkyl halides is 3. The Bertz CT molecular complexity index is 1080. The number of carbonyl (C=O) groups excluding carboxylic acids is 1. The van der Waals surface area contributed by atoms with Crippen LogP contribution in [0.2, 0.25) is 5.02 Å². The molecule has 2 saturated heterocycles. The fraction of sp³-hybridized carbons (Fsp3) is 0.462. The number of aliphatic hydroxyl groups is 1. The Morgan fingerprint density at radius 2 is 1.66 bits per heavy atom. The number of carboxylic acids is 1. The number of carboxylic acid groups (broad SMARTS) is 1. The van der Waals surface area contributed by atoms with Gasteiger partial charge < -0.3 is 25.7 Å². The van der Waals surface area contributed by atoms with E-state index in [-0.39, 0.29) is 11.9 Å². The fourth-order valence-corrected chi connectivity index (χ4v) is 4.76. The Labute approximate surface area is 224 Å². The predicted molar refractivity (Wildman–Crippen MR) is 138 cm³/mol. The van der Waals surface area contributed by atoms with Gasteiger partial charge in [0, 0.05) is 43.4 Å². The molecular weight excluding hydrogens is 525 g/mol. The molecule has 4 rings (SSSR count). The zero-order valence-corrected chi connectivity index (χ0v) is 21.7. The molecular formula is C26H32ClF3N4O4. The zero-order valence-electron chi connectivity index (χ0n) is 20.9. The van der Waals surface area contributed by atoms with Gasteiger partial charge >= 0.3 is 12.1 Å². The highest BCUT2D eigenvalue weighted by atomic mass is 35.5. The van der Waals surface area contributed by atoms with Crippen molar-refractivity contribution in [1.29, 1.82) is 0 Å². The highest BCUT2D eigenvalue weighted by Gasteiger charge is 2.38. The summed E-state index contributed by atoms with van der Waals surface area (Å²) in [6.45, 7) is 4.24. The van der Waals surface area contributed by atoms with Gasteiger partial charge in [-0.05, 0) is 55.8 Å². The summed E-state index contributed by atoms with van der Waals surface area (Å²) in [4.78, 5) is 25.7. The van der Waals surface area contributed by atoms with Crippen LogP contribution in [0.25, 0.3) is 0 Å². The molecule has 0 aromatic heterocycles. The van der Waals surface area contributed by atoms with E-state index in [1.165, 1.54) is 5.56 Å². The number of aliphatic hydroxyl groups excluding tert-OH is 1. The molecule has 2 fully saturated rings. The fourth-order valence-electron chi connectivity index (χ4n) is 4.63. The topological polar surface area (TPSA) is 105 Å². The molecule has 0 unspecified atom stereocenters. The van der Waals surface area contributed by atoms with Crippen LogP contribution in [0.4, 0.5) is 18.9 Å². The summed E-state index contributed by atoms with van der Waals surface area (Å²) < 4.78 is 31.7. The van der Waals surface area contributed by atoms with Gasteiger partial charge in [0.05, 0.1) is 17.7 Å². The number of rotatable bonds is 6. The number of amides is 1. The number of aliphatic carboxylic acids is 1. The van der Waals surface area contributed by atoms with Crippen LogP contribution in [-0.2, 0) is 11.3 Å². The maximum Gasteiger partial charge on any atom is 0.490 e. The van der Waals surface area contributed by atoms with Crippen LogP contribution >= 0.6 is 11.6 Å². The SMILES string of the molecule is CNC(=O)c1ccccc1N1C[C@@H](O)[C@H](NC2CCN(Cc3ccc(Cl)cc3)CC2)C1.O=C(O)C(F)(F)F. The minimum absolute atomic E-state index is 0.00515. The smallest absolute Gasteiger partial charge is 0.475 e. The number of piperidine rings is 1. The number of hydrogen-bond donors (Lipinski definition) is 4. The molecule has 38 heavy (non-hydrogen) atoms. The Kier molecular flexibility index (Phi) is 10.4. The molecule has 0 saturated carbocycles. The molecule has 0 aliphatic carbocycles. The highest BCUT2D eigenvalue weighted by molar-refractivity contribution is 6.30. The van der Waals surface area contributed by atoms with Crippen molar-refractivity contribution in [2.45, 2.75) is 43.8 Å². The van der Waals surface area contributed by atoms with E-state index in [2.05, 4.69) is 32.6 Å². The number of likely N-dealkylation sites (tertiary alicyclic amines) is 1. The highest BCUT2D eigenvalue weighted by Crippen LogP contribution is 2.26. The summed E-state index contributed by atoms with van der Waals surface area (Å²) >= 11 is 5.98.